The maximum absolute atomic E-state index is 12.8. The molecule has 1 aliphatic carbocycles. The largest absolute Gasteiger partial charge is 0.504 e. The van der Waals surface area contributed by atoms with Crippen molar-refractivity contribution < 1.29 is 19.8 Å². The standard InChI is InChI=1S/C22H14O4/c23-19-17(14-8-2-1-3-9-14)20(24)22(26)18(21(19)25)16-12-6-10-13-7-4-5-11-15(13)16/h1-12,23,26H. The summed E-state index contributed by atoms with van der Waals surface area (Å²) in [6.07, 6.45) is 0. The van der Waals surface area contributed by atoms with E-state index in [0.29, 0.717) is 16.5 Å². The summed E-state index contributed by atoms with van der Waals surface area (Å²) in [5, 5.41) is 22.6. The monoisotopic (exact) mass is 342 g/mol. The molecule has 0 aromatic heterocycles. The molecule has 126 valence electrons. The molecule has 0 fully saturated rings. The number of aliphatic hydroxyl groups excluding tert-OH is 2. The van der Waals surface area contributed by atoms with Crippen LogP contribution in [0.1, 0.15) is 11.1 Å². The predicted octanol–water partition coefficient (Wildman–Crippen LogP) is 4.23. The van der Waals surface area contributed by atoms with Crippen molar-refractivity contribution in [1.29, 1.82) is 0 Å². The lowest BCUT2D eigenvalue weighted by Crippen LogP contribution is -2.22. The third-order valence-electron chi connectivity index (χ3n) is 4.48. The number of rotatable bonds is 2. The van der Waals surface area contributed by atoms with E-state index < -0.39 is 23.1 Å². The lowest BCUT2D eigenvalue weighted by Gasteiger charge is -2.19. The van der Waals surface area contributed by atoms with Crippen molar-refractivity contribution in [3.63, 3.8) is 0 Å². The molecule has 0 saturated carbocycles. The molecular formula is C22H14O4. The zero-order valence-corrected chi connectivity index (χ0v) is 13.6. The summed E-state index contributed by atoms with van der Waals surface area (Å²) in [6, 6.07) is 20.9. The summed E-state index contributed by atoms with van der Waals surface area (Å²) >= 11 is 0. The molecule has 4 nitrogen and oxygen atoms in total. The second-order valence-electron chi connectivity index (χ2n) is 6.00. The van der Waals surface area contributed by atoms with E-state index in [9.17, 15) is 19.8 Å². The summed E-state index contributed by atoms with van der Waals surface area (Å²) in [7, 11) is 0. The van der Waals surface area contributed by atoms with Crippen molar-refractivity contribution in [3.05, 3.63) is 95.4 Å². The Morgan fingerprint density at radius 3 is 1.92 bits per heavy atom. The zero-order chi connectivity index (χ0) is 18.3. The van der Waals surface area contributed by atoms with Crippen molar-refractivity contribution >= 4 is 33.5 Å². The van der Waals surface area contributed by atoms with Gasteiger partial charge in [-0.05, 0) is 21.9 Å². The van der Waals surface area contributed by atoms with E-state index in [1.54, 1.807) is 48.5 Å². The summed E-state index contributed by atoms with van der Waals surface area (Å²) in [5.74, 6) is -2.83. The highest BCUT2D eigenvalue weighted by molar-refractivity contribution is 6.47. The van der Waals surface area contributed by atoms with Gasteiger partial charge in [0.2, 0.25) is 11.6 Å². The first-order valence-electron chi connectivity index (χ1n) is 8.09. The van der Waals surface area contributed by atoms with Crippen LogP contribution in [0.2, 0.25) is 0 Å². The lowest BCUT2D eigenvalue weighted by molar-refractivity contribution is -0.116. The molecule has 4 heteroatoms. The lowest BCUT2D eigenvalue weighted by atomic mass is 9.85. The van der Waals surface area contributed by atoms with Crippen molar-refractivity contribution in [2.75, 3.05) is 0 Å². The smallest absolute Gasteiger partial charge is 0.232 e. The van der Waals surface area contributed by atoms with Gasteiger partial charge in [0.1, 0.15) is 0 Å². The molecule has 0 radical (unpaired) electrons. The number of carbonyl (C=O) groups is 2. The van der Waals surface area contributed by atoms with E-state index in [1.807, 2.05) is 24.3 Å². The van der Waals surface area contributed by atoms with Gasteiger partial charge in [-0.2, -0.15) is 0 Å². The Labute approximate surface area is 149 Å². The van der Waals surface area contributed by atoms with Crippen molar-refractivity contribution in [2.24, 2.45) is 0 Å². The van der Waals surface area contributed by atoms with E-state index in [1.165, 1.54) is 0 Å². The maximum Gasteiger partial charge on any atom is 0.232 e. The van der Waals surface area contributed by atoms with Crippen LogP contribution in [0.4, 0.5) is 0 Å². The van der Waals surface area contributed by atoms with Gasteiger partial charge in [0, 0.05) is 0 Å². The zero-order valence-electron chi connectivity index (χ0n) is 13.6. The Hall–Kier alpha value is -3.66. The normalized spacial score (nSPS) is 15.1. The van der Waals surface area contributed by atoms with Gasteiger partial charge < -0.3 is 10.2 Å². The van der Waals surface area contributed by atoms with Gasteiger partial charge in [0.15, 0.2) is 11.5 Å². The third kappa shape index (κ3) is 2.31. The Bertz CT molecular complexity index is 1120. The number of benzene rings is 3. The Morgan fingerprint density at radius 1 is 0.577 bits per heavy atom. The van der Waals surface area contributed by atoms with Crippen LogP contribution in [0, 0.1) is 0 Å². The average molecular weight is 342 g/mol. The average Bonchev–Trinajstić information content (AvgIpc) is 2.68. The fourth-order valence-corrected chi connectivity index (χ4v) is 3.24. The molecule has 2 N–H and O–H groups in total. The number of allylic oxidation sites excluding steroid dienone is 2. The molecule has 4 rings (SSSR count). The van der Waals surface area contributed by atoms with E-state index >= 15 is 0 Å². The van der Waals surface area contributed by atoms with Crippen LogP contribution in [0.25, 0.3) is 21.9 Å². The quantitative estimate of drug-likeness (QED) is 0.684. The topological polar surface area (TPSA) is 74.6 Å². The fraction of sp³-hybridized carbons (Fsp3) is 0. The van der Waals surface area contributed by atoms with Crippen molar-refractivity contribution in [3.8, 4) is 0 Å². The highest BCUT2D eigenvalue weighted by Gasteiger charge is 2.36. The minimum Gasteiger partial charge on any atom is -0.504 e. The van der Waals surface area contributed by atoms with Gasteiger partial charge in [-0.25, -0.2) is 0 Å². The number of carbonyl (C=O) groups excluding carboxylic acids is 2. The van der Waals surface area contributed by atoms with E-state index in [4.69, 9.17) is 0 Å². The predicted molar refractivity (Wildman–Crippen MR) is 99.5 cm³/mol. The number of hydrogen-bond acceptors (Lipinski definition) is 4. The second-order valence-corrected chi connectivity index (χ2v) is 6.00. The first-order chi connectivity index (χ1) is 12.6. The van der Waals surface area contributed by atoms with Crippen LogP contribution >= 0.6 is 0 Å². The van der Waals surface area contributed by atoms with Gasteiger partial charge in [0.25, 0.3) is 0 Å². The van der Waals surface area contributed by atoms with Gasteiger partial charge >= 0.3 is 0 Å². The van der Waals surface area contributed by atoms with E-state index in [0.717, 1.165) is 5.39 Å². The molecule has 3 aromatic carbocycles. The summed E-state index contributed by atoms with van der Waals surface area (Å²) in [4.78, 5) is 25.6. The summed E-state index contributed by atoms with van der Waals surface area (Å²) in [6.45, 7) is 0. The minimum atomic E-state index is -0.767. The minimum absolute atomic E-state index is 0.177. The van der Waals surface area contributed by atoms with Crippen LogP contribution in [-0.4, -0.2) is 21.8 Å². The molecule has 26 heavy (non-hydrogen) atoms. The maximum atomic E-state index is 12.8. The van der Waals surface area contributed by atoms with Crippen LogP contribution in [0.3, 0.4) is 0 Å². The number of Topliss-reactive ketones (excluding diaryl/α,β-unsaturated/α-hetero) is 2. The molecule has 0 unspecified atom stereocenters. The Balaban J connectivity index is 1.94. The first-order valence-corrected chi connectivity index (χ1v) is 8.09. The number of ketones is 2. The molecule has 0 saturated heterocycles. The summed E-state index contributed by atoms with van der Waals surface area (Å²) in [5.41, 5.74) is 0.436. The van der Waals surface area contributed by atoms with Gasteiger partial charge in [0.05, 0.1) is 11.1 Å². The molecule has 0 spiro atoms. The molecule has 3 aromatic rings. The van der Waals surface area contributed by atoms with Crippen molar-refractivity contribution in [1.82, 2.24) is 0 Å². The highest BCUT2D eigenvalue weighted by atomic mass is 16.3. The van der Waals surface area contributed by atoms with E-state index in [-0.39, 0.29) is 11.1 Å². The third-order valence-corrected chi connectivity index (χ3v) is 4.48. The number of aliphatic hydroxyl groups is 2. The fourth-order valence-electron chi connectivity index (χ4n) is 3.24. The molecule has 0 heterocycles. The SMILES string of the molecule is O=C1C(O)=C(c2cccc3ccccc23)C(=O)C(O)=C1c1ccccc1. The van der Waals surface area contributed by atoms with Gasteiger partial charge in [-0.1, -0.05) is 72.8 Å². The molecule has 0 bridgehead atoms. The summed E-state index contributed by atoms with van der Waals surface area (Å²) < 4.78 is 0. The molecule has 0 amide bonds. The Morgan fingerprint density at radius 2 is 1.15 bits per heavy atom. The Kier molecular flexibility index (Phi) is 3.66. The van der Waals surface area contributed by atoms with Gasteiger partial charge in [-0.3, -0.25) is 9.59 Å². The van der Waals surface area contributed by atoms with Crippen LogP contribution in [-0.2, 0) is 9.59 Å². The van der Waals surface area contributed by atoms with Crippen molar-refractivity contribution in [2.45, 2.75) is 0 Å². The molecule has 0 aliphatic heterocycles. The van der Waals surface area contributed by atoms with Crippen LogP contribution in [0.5, 0.6) is 0 Å². The van der Waals surface area contributed by atoms with Crippen LogP contribution in [0.15, 0.2) is 84.3 Å². The number of fused-ring (bicyclic) bond motifs is 1. The van der Waals surface area contributed by atoms with E-state index in [2.05, 4.69) is 0 Å². The van der Waals surface area contributed by atoms with Gasteiger partial charge in [-0.15, -0.1) is 0 Å². The molecular weight excluding hydrogens is 328 g/mol. The molecule has 1 aliphatic rings. The molecule has 0 atom stereocenters. The first kappa shape index (κ1) is 15.8. The second kappa shape index (κ2) is 6.01. The highest BCUT2D eigenvalue weighted by Crippen LogP contribution is 2.36. The number of hydrogen-bond donors (Lipinski definition) is 2. The van der Waals surface area contributed by atoms with Crippen LogP contribution < -0.4 is 0 Å².